The van der Waals surface area contributed by atoms with Gasteiger partial charge in [0.15, 0.2) is 5.16 Å². The van der Waals surface area contributed by atoms with Gasteiger partial charge in [-0.2, -0.15) is 0 Å². The molecule has 1 aromatic heterocycles. The summed E-state index contributed by atoms with van der Waals surface area (Å²) in [5.41, 5.74) is 9.61. The van der Waals surface area contributed by atoms with Gasteiger partial charge in [-0.1, -0.05) is 0 Å². The Labute approximate surface area is 121 Å². The smallest absolute Gasteiger partial charge is 0.224 e. The Morgan fingerprint density at radius 2 is 2.00 bits per heavy atom. The highest BCUT2D eigenvalue weighted by Gasteiger charge is 2.17. The molecule has 0 spiro atoms. The van der Waals surface area contributed by atoms with Crippen LogP contribution < -0.4 is 11.1 Å². The monoisotopic (exact) mass is 286 g/mol. The number of aromatic nitrogens is 2. The first-order valence-corrected chi connectivity index (χ1v) is 7.12. The van der Waals surface area contributed by atoms with Gasteiger partial charge in [-0.25, -0.2) is 9.97 Å². The molecule has 0 saturated carbocycles. The molecule has 2 heterocycles. The number of carbonyl (C=O) groups excluding carboxylic acids is 1. The van der Waals surface area contributed by atoms with E-state index in [1.807, 2.05) is 19.1 Å². The second kappa shape index (κ2) is 5.13. The number of aryl methyl sites for hydroxylation is 2. The number of anilines is 2. The van der Waals surface area contributed by atoms with Gasteiger partial charge in [-0.05, 0) is 48.4 Å². The van der Waals surface area contributed by atoms with Crippen LogP contribution >= 0.6 is 11.8 Å². The van der Waals surface area contributed by atoms with E-state index in [2.05, 4.69) is 15.3 Å². The number of nitrogens with two attached hydrogens (primary N) is 1. The lowest BCUT2D eigenvalue weighted by atomic mass is 10.0. The second-order valence-electron chi connectivity index (χ2n) is 4.74. The SMILES string of the molecule is Cc1cnc(Sc2cc3c(cc2N)NC(=O)CC3)nc1. The van der Waals surface area contributed by atoms with Gasteiger partial charge in [-0.15, -0.1) is 0 Å². The summed E-state index contributed by atoms with van der Waals surface area (Å²) in [7, 11) is 0. The standard InChI is InChI=1S/C14H14N4OS/c1-8-6-16-14(17-7-8)20-12-4-9-2-3-13(19)18-11(9)5-10(12)15/h4-7H,2-3,15H2,1H3,(H,18,19). The summed E-state index contributed by atoms with van der Waals surface area (Å²) in [6.45, 7) is 1.95. The van der Waals surface area contributed by atoms with Crippen LogP contribution in [0.2, 0.25) is 0 Å². The number of carbonyl (C=O) groups is 1. The third-order valence-corrected chi connectivity index (χ3v) is 4.06. The van der Waals surface area contributed by atoms with E-state index in [4.69, 9.17) is 5.73 Å². The first-order valence-electron chi connectivity index (χ1n) is 6.30. The summed E-state index contributed by atoms with van der Waals surface area (Å²) in [5.74, 6) is 0.0409. The number of hydrogen-bond donors (Lipinski definition) is 2. The van der Waals surface area contributed by atoms with E-state index in [-0.39, 0.29) is 5.91 Å². The van der Waals surface area contributed by atoms with Crippen molar-refractivity contribution in [2.75, 3.05) is 11.1 Å². The molecule has 6 heteroatoms. The molecule has 102 valence electrons. The number of nitrogens with zero attached hydrogens (tertiary/aromatic N) is 2. The Hall–Kier alpha value is -2.08. The van der Waals surface area contributed by atoms with Gasteiger partial charge in [0.1, 0.15) is 0 Å². The number of benzene rings is 1. The number of amides is 1. The Kier molecular flexibility index (Phi) is 3.31. The Morgan fingerprint density at radius 1 is 1.25 bits per heavy atom. The van der Waals surface area contributed by atoms with Crippen molar-refractivity contribution >= 4 is 29.0 Å². The Morgan fingerprint density at radius 3 is 2.75 bits per heavy atom. The highest BCUT2D eigenvalue weighted by molar-refractivity contribution is 7.99. The van der Waals surface area contributed by atoms with Crippen molar-refractivity contribution in [1.29, 1.82) is 0 Å². The Balaban J connectivity index is 1.90. The molecule has 0 fully saturated rings. The van der Waals surface area contributed by atoms with Crippen molar-refractivity contribution in [2.45, 2.75) is 29.8 Å². The minimum absolute atomic E-state index is 0.0409. The molecule has 1 amide bonds. The van der Waals surface area contributed by atoms with Crippen molar-refractivity contribution in [3.8, 4) is 0 Å². The number of nitrogen functional groups attached to an aromatic ring is 1. The maximum Gasteiger partial charge on any atom is 0.224 e. The summed E-state index contributed by atoms with van der Waals surface area (Å²) in [6.07, 6.45) is 4.82. The number of nitrogens with one attached hydrogen (secondary N) is 1. The summed E-state index contributed by atoms with van der Waals surface area (Å²) in [6, 6.07) is 3.82. The second-order valence-corrected chi connectivity index (χ2v) is 5.75. The molecule has 0 bridgehead atoms. The minimum Gasteiger partial charge on any atom is -0.398 e. The van der Waals surface area contributed by atoms with Crippen LogP contribution in [0.3, 0.4) is 0 Å². The van der Waals surface area contributed by atoms with Crippen LogP contribution in [0.1, 0.15) is 17.5 Å². The summed E-state index contributed by atoms with van der Waals surface area (Å²) >= 11 is 1.44. The zero-order chi connectivity index (χ0) is 14.1. The molecular formula is C14H14N4OS. The molecule has 0 atom stereocenters. The maximum atomic E-state index is 11.4. The van der Waals surface area contributed by atoms with Crippen molar-refractivity contribution in [1.82, 2.24) is 9.97 Å². The number of rotatable bonds is 2. The van der Waals surface area contributed by atoms with Crippen molar-refractivity contribution in [2.24, 2.45) is 0 Å². The van der Waals surface area contributed by atoms with Gasteiger partial charge in [-0.3, -0.25) is 4.79 Å². The number of hydrogen-bond acceptors (Lipinski definition) is 5. The molecule has 0 unspecified atom stereocenters. The molecular weight excluding hydrogens is 272 g/mol. The van der Waals surface area contributed by atoms with Crippen LogP contribution in [0.5, 0.6) is 0 Å². The Bertz CT molecular complexity index is 670. The van der Waals surface area contributed by atoms with Crippen LogP contribution in [0, 0.1) is 6.92 Å². The molecule has 20 heavy (non-hydrogen) atoms. The van der Waals surface area contributed by atoms with E-state index >= 15 is 0 Å². The molecule has 0 saturated heterocycles. The van der Waals surface area contributed by atoms with Gasteiger partial charge in [0, 0.05) is 35.1 Å². The van der Waals surface area contributed by atoms with Gasteiger partial charge >= 0.3 is 0 Å². The van der Waals surface area contributed by atoms with Crippen LogP contribution in [0.4, 0.5) is 11.4 Å². The van der Waals surface area contributed by atoms with Gasteiger partial charge < -0.3 is 11.1 Å². The van der Waals surface area contributed by atoms with E-state index in [0.717, 1.165) is 28.1 Å². The zero-order valence-corrected chi connectivity index (χ0v) is 11.8. The van der Waals surface area contributed by atoms with E-state index in [9.17, 15) is 4.79 Å². The molecule has 3 rings (SSSR count). The van der Waals surface area contributed by atoms with E-state index in [1.165, 1.54) is 11.8 Å². The lowest BCUT2D eigenvalue weighted by Gasteiger charge is -2.18. The fourth-order valence-corrected chi connectivity index (χ4v) is 2.83. The maximum absolute atomic E-state index is 11.4. The molecule has 3 N–H and O–H groups in total. The zero-order valence-electron chi connectivity index (χ0n) is 11.0. The first kappa shape index (κ1) is 12.9. The first-order chi connectivity index (χ1) is 9.61. The van der Waals surface area contributed by atoms with Crippen LogP contribution in [0.15, 0.2) is 34.6 Å². The van der Waals surface area contributed by atoms with E-state index in [1.54, 1.807) is 12.4 Å². The average Bonchev–Trinajstić information content (AvgIpc) is 2.42. The van der Waals surface area contributed by atoms with Crippen molar-refractivity contribution in [3.63, 3.8) is 0 Å². The predicted molar refractivity (Wildman–Crippen MR) is 78.7 cm³/mol. The lowest BCUT2D eigenvalue weighted by Crippen LogP contribution is -2.19. The lowest BCUT2D eigenvalue weighted by molar-refractivity contribution is -0.116. The minimum atomic E-state index is 0.0409. The molecule has 5 nitrogen and oxygen atoms in total. The fourth-order valence-electron chi connectivity index (χ4n) is 2.04. The number of fused-ring (bicyclic) bond motifs is 1. The van der Waals surface area contributed by atoms with Crippen LogP contribution in [-0.4, -0.2) is 15.9 Å². The van der Waals surface area contributed by atoms with Crippen molar-refractivity contribution in [3.05, 3.63) is 35.7 Å². The summed E-state index contributed by atoms with van der Waals surface area (Å²) in [4.78, 5) is 20.8. The normalized spacial score (nSPS) is 13.8. The highest BCUT2D eigenvalue weighted by Crippen LogP contribution is 2.35. The molecule has 0 aliphatic carbocycles. The fraction of sp³-hybridized carbons (Fsp3) is 0.214. The molecule has 2 aromatic rings. The quantitative estimate of drug-likeness (QED) is 0.654. The summed E-state index contributed by atoms with van der Waals surface area (Å²) < 4.78 is 0. The average molecular weight is 286 g/mol. The topological polar surface area (TPSA) is 80.9 Å². The third-order valence-electron chi connectivity index (χ3n) is 3.09. The van der Waals surface area contributed by atoms with Gasteiger partial charge in [0.25, 0.3) is 0 Å². The van der Waals surface area contributed by atoms with E-state index < -0.39 is 0 Å². The van der Waals surface area contributed by atoms with Crippen LogP contribution in [0.25, 0.3) is 0 Å². The van der Waals surface area contributed by atoms with Gasteiger partial charge in [0.05, 0.1) is 0 Å². The van der Waals surface area contributed by atoms with E-state index in [0.29, 0.717) is 17.3 Å². The molecule has 0 radical (unpaired) electrons. The third kappa shape index (κ3) is 2.60. The van der Waals surface area contributed by atoms with Crippen LogP contribution in [-0.2, 0) is 11.2 Å². The molecule has 1 aromatic carbocycles. The largest absolute Gasteiger partial charge is 0.398 e. The summed E-state index contributed by atoms with van der Waals surface area (Å²) in [5, 5.41) is 3.51. The predicted octanol–water partition coefficient (Wildman–Crippen LogP) is 2.40. The highest BCUT2D eigenvalue weighted by atomic mass is 32.2. The van der Waals surface area contributed by atoms with Crippen molar-refractivity contribution < 1.29 is 4.79 Å². The molecule has 1 aliphatic heterocycles. The molecule has 1 aliphatic rings. The van der Waals surface area contributed by atoms with Gasteiger partial charge in [0.2, 0.25) is 5.91 Å².